The van der Waals surface area contributed by atoms with Gasteiger partial charge in [-0.05, 0) is 24.0 Å². The summed E-state index contributed by atoms with van der Waals surface area (Å²) in [6.07, 6.45) is 0.792. The van der Waals surface area contributed by atoms with Crippen LogP contribution in [0.2, 0.25) is 6.32 Å². The number of aliphatic hydroxyl groups excluding tert-OH is 1. The summed E-state index contributed by atoms with van der Waals surface area (Å²) in [5, 5.41) is 8.69. The van der Waals surface area contributed by atoms with Crippen LogP contribution in [0.1, 0.15) is 21.5 Å². The standard InChI is InChI=1S/C8H6O2.C7H7BrO.C2H3BO/c9-8-7-4-2-1-3-6(7)5-10-8;8-7-4-2-1-3-6(7)5-9;3-1-2-4/h1-4H,5H2;1-4,9H,5H2;2H,1H2/i;;1-1. The molecule has 0 saturated carbocycles. The number of esters is 1. The molecule has 0 amide bonds. The van der Waals surface area contributed by atoms with E-state index in [1.807, 2.05) is 42.5 Å². The average molecular weight is 374 g/mol. The van der Waals surface area contributed by atoms with Gasteiger partial charge in [0, 0.05) is 10.0 Å². The zero-order chi connectivity index (χ0) is 17.1. The van der Waals surface area contributed by atoms with Crippen LogP contribution in [0.15, 0.2) is 53.0 Å². The van der Waals surface area contributed by atoms with Crippen molar-refractivity contribution in [1.82, 2.24) is 0 Å². The van der Waals surface area contributed by atoms with E-state index in [1.165, 1.54) is 0 Å². The number of halogens is 1. The van der Waals surface area contributed by atoms with E-state index in [2.05, 4.69) is 23.8 Å². The Morgan fingerprint density at radius 3 is 2.30 bits per heavy atom. The maximum absolute atomic E-state index is 10.8. The first-order chi connectivity index (χ1) is 11.1. The number of benzene rings is 2. The maximum atomic E-state index is 10.8. The van der Waals surface area contributed by atoms with Crippen molar-refractivity contribution in [3.8, 4) is 0 Å². The van der Waals surface area contributed by atoms with Gasteiger partial charge in [0.05, 0.1) is 20.0 Å². The molecule has 1 heterocycles. The molecule has 0 fully saturated rings. The van der Waals surface area contributed by atoms with E-state index >= 15 is 0 Å². The molecule has 0 spiro atoms. The Kier molecular flexibility index (Phi) is 8.94. The zero-order valence-corrected chi connectivity index (χ0v) is 14.0. The number of fused-ring (bicyclic) bond motifs is 1. The molecule has 3 rings (SSSR count). The molecule has 118 valence electrons. The number of rotatable bonds is 2. The number of aldehydes is 1. The lowest BCUT2D eigenvalue weighted by molar-refractivity contribution is -0.106. The fourth-order valence-electron chi connectivity index (χ4n) is 1.69. The lowest BCUT2D eigenvalue weighted by Crippen LogP contribution is -1.91. The van der Waals surface area contributed by atoms with E-state index in [0.717, 1.165) is 15.6 Å². The molecule has 0 unspecified atom stereocenters. The van der Waals surface area contributed by atoms with Crippen molar-refractivity contribution in [1.29, 1.82) is 0 Å². The molecule has 2 aromatic carbocycles. The molecule has 0 bridgehead atoms. The average Bonchev–Trinajstić information content (AvgIpc) is 2.98. The van der Waals surface area contributed by atoms with Crippen molar-refractivity contribution in [2.24, 2.45) is 0 Å². The number of carbonyl (C=O) groups excluding carboxylic acids is 2. The Morgan fingerprint density at radius 1 is 1.17 bits per heavy atom. The van der Waals surface area contributed by atoms with Crippen LogP contribution in [0.5, 0.6) is 0 Å². The molecule has 1 N–H and O–H groups in total. The molecule has 0 aliphatic carbocycles. The molecular formula is C17H16BBrO4. The largest absolute Gasteiger partial charge is 0.457 e. The van der Waals surface area contributed by atoms with Gasteiger partial charge in [-0.25, -0.2) is 4.79 Å². The smallest absolute Gasteiger partial charge is 0.338 e. The summed E-state index contributed by atoms with van der Waals surface area (Å²) in [7, 11) is 4.66. The third-order valence-corrected chi connectivity index (χ3v) is 3.59. The van der Waals surface area contributed by atoms with Gasteiger partial charge in [-0.3, -0.25) is 0 Å². The summed E-state index contributed by atoms with van der Waals surface area (Å²) in [5.41, 5.74) is 2.63. The lowest BCUT2D eigenvalue weighted by atomic mass is 9.68. The van der Waals surface area contributed by atoms with E-state index in [1.54, 1.807) is 6.07 Å². The number of hydrogen-bond donors (Lipinski definition) is 1. The minimum Gasteiger partial charge on any atom is -0.457 e. The van der Waals surface area contributed by atoms with Gasteiger partial charge < -0.3 is 14.6 Å². The summed E-state index contributed by atoms with van der Waals surface area (Å²) in [6, 6.07) is 15.0. The Labute approximate surface area is 145 Å². The van der Waals surface area contributed by atoms with Crippen LogP contribution >= 0.6 is 15.9 Å². The normalized spacial score (nSPS) is 11.1. The van der Waals surface area contributed by atoms with Gasteiger partial charge in [-0.15, -0.1) is 0 Å². The van der Waals surface area contributed by atoms with Gasteiger partial charge >= 0.3 is 5.97 Å². The molecule has 0 saturated heterocycles. The first kappa shape index (κ1) is 19.1. The molecule has 2 aromatic rings. The van der Waals surface area contributed by atoms with Gasteiger partial charge in [-0.2, -0.15) is 0 Å². The second kappa shape index (κ2) is 10.8. The first-order valence-corrected chi connectivity index (χ1v) is 7.66. The number of hydrogen-bond acceptors (Lipinski definition) is 4. The number of cyclic esters (lactones) is 1. The zero-order valence-electron chi connectivity index (χ0n) is 12.4. The van der Waals surface area contributed by atoms with Crippen LogP contribution in [-0.4, -0.2) is 25.2 Å². The van der Waals surface area contributed by atoms with Crippen LogP contribution in [-0.2, 0) is 22.7 Å². The molecule has 6 heteroatoms. The third kappa shape index (κ3) is 6.38. The number of aliphatic hydroxyl groups is 1. The monoisotopic (exact) mass is 373 g/mol. The van der Waals surface area contributed by atoms with Crippen molar-refractivity contribution in [2.45, 2.75) is 19.5 Å². The lowest BCUT2D eigenvalue weighted by Gasteiger charge is -1.96. The SMILES string of the molecule is O=C1OCc2ccccc21.OCc1ccccc1Br.[B][11CH2]C=O. The fourth-order valence-corrected chi connectivity index (χ4v) is 2.10. The van der Waals surface area contributed by atoms with Gasteiger partial charge in [0.1, 0.15) is 12.9 Å². The molecular weight excluding hydrogens is 358 g/mol. The van der Waals surface area contributed by atoms with Crippen molar-refractivity contribution in [2.75, 3.05) is 0 Å². The molecule has 4 nitrogen and oxygen atoms in total. The number of ether oxygens (including phenoxy) is 1. The van der Waals surface area contributed by atoms with Gasteiger partial charge in [0.15, 0.2) is 0 Å². The van der Waals surface area contributed by atoms with E-state index in [-0.39, 0.29) is 18.9 Å². The van der Waals surface area contributed by atoms with Crippen molar-refractivity contribution in [3.63, 3.8) is 0 Å². The summed E-state index contributed by atoms with van der Waals surface area (Å²) in [5.74, 6) is -0.199. The minimum absolute atomic E-state index is 0.0986. The van der Waals surface area contributed by atoms with Crippen molar-refractivity contribution < 1.29 is 19.4 Å². The van der Waals surface area contributed by atoms with E-state index in [4.69, 9.17) is 14.6 Å². The van der Waals surface area contributed by atoms with Crippen molar-refractivity contribution >= 4 is 36.0 Å². The molecule has 0 aromatic heterocycles. The quantitative estimate of drug-likeness (QED) is 0.499. The molecule has 1 aliphatic heterocycles. The summed E-state index contributed by atoms with van der Waals surface area (Å²) in [4.78, 5) is 19.9. The van der Waals surface area contributed by atoms with Crippen molar-refractivity contribution in [3.05, 3.63) is 69.7 Å². The summed E-state index contributed by atoms with van der Waals surface area (Å²) >= 11 is 3.30. The fraction of sp³-hybridized carbons (Fsp3) is 0.176. The molecule has 0 atom stereocenters. The molecule has 23 heavy (non-hydrogen) atoms. The Hall–Kier alpha value is -1.92. The summed E-state index contributed by atoms with van der Waals surface area (Å²) < 4.78 is 5.75. The Bertz CT molecular complexity index is 646. The van der Waals surface area contributed by atoms with E-state index < -0.39 is 0 Å². The van der Waals surface area contributed by atoms with Crippen LogP contribution in [0, 0.1) is 0 Å². The number of carbonyl (C=O) groups is 2. The van der Waals surface area contributed by atoms with Gasteiger partial charge in [-0.1, -0.05) is 52.3 Å². The second-order valence-corrected chi connectivity index (χ2v) is 5.24. The third-order valence-electron chi connectivity index (χ3n) is 2.82. The Morgan fingerprint density at radius 2 is 1.78 bits per heavy atom. The second-order valence-electron chi connectivity index (χ2n) is 4.39. The predicted molar refractivity (Wildman–Crippen MR) is 92.3 cm³/mol. The maximum Gasteiger partial charge on any atom is 0.338 e. The minimum atomic E-state index is -0.199. The van der Waals surface area contributed by atoms with Crippen LogP contribution in [0.4, 0.5) is 0 Å². The highest BCUT2D eigenvalue weighted by Crippen LogP contribution is 2.18. The van der Waals surface area contributed by atoms with Gasteiger partial charge in [0.2, 0.25) is 0 Å². The van der Waals surface area contributed by atoms with Crippen LogP contribution < -0.4 is 0 Å². The van der Waals surface area contributed by atoms with Gasteiger partial charge in [0.25, 0.3) is 0 Å². The predicted octanol–water partition coefficient (Wildman–Crippen LogP) is 3.07. The van der Waals surface area contributed by atoms with Crippen LogP contribution in [0.3, 0.4) is 0 Å². The highest BCUT2D eigenvalue weighted by atomic mass is 79.9. The topological polar surface area (TPSA) is 63.6 Å². The first-order valence-electron chi connectivity index (χ1n) is 6.87. The summed E-state index contributed by atoms with van der Waals surface area (Å²) in [6.45, 7) is 0.538. The highest BCUT2D eigenvalue weighted by Gasteiger charge is 2.18. The highest BCUT2D eigenvalue weighted by molar-refractivity contribution is 9.10. The van der Waals surface area contributed by atoms with E-state index in [0.29, 0.717) is 18.5 Å². The van der Waals surface area contributed by atoms with Crippen LogP contribution in [0.25, 0.3) is 0 Å². The molecule has 2 radical (unpaired) electrons. The Balaban J connectivity index is 0.000000189. The van der Waals surface area contributed by atoms with E-state index in [9.17, 15) is 4.79 Å². The molecule has 1 aliphatic rings.